The second-order valence-electron chi connectivity index (χ2n) is 5.96. The molecule has 0 radical (unpaired) electrons. The predicted octanol–water partition coefficient (Wildman–Crippen LogP) is 3.95. The smallest absolute Gasteiger partial charge is 0.319 e. The number of fused-ring (bicyclic) bond motifs is 2. The van der Waals surface area contributed by atoms with Gasteiger partial charge in [0.25, 0.3) is 0 Å². The monoisotopic (exact) mass is 366 g/mol. The van der Waals surface area contributed by atoms with E-state index in [1.807, 2.05) is 24.3 Å². The van der Waals surface area contributed by atoms with Crippen molar-refractivity contribution in [2.24, 2.45) is 0 Å². The Morgan fingerprint density at radius 2 is 2.08 bits per heavy atom. The zero-order valence-corrected chi connectivity index (χ0v) is 14.8. The third kappa shape index (κ3) is 3.26. The minimum Gasteiger partial charge on any atom is -0.396 e. The van der Waals surface area contributed by atoms with Gasteiger partial charge < -0.3 is 15.7 Å². The van der Waals surface area contributed by atoms with Crippen LogP contribution in [-0.2, 0) is 0 Å². The Morgan fingerprint density at radius 3 is 2.92 bits per heavy atom. The summed E-state index contributed by atoms with van der Waals surface area (Å²) in [5.74, 6) is 0. The molecule has 0 saturated heterocycles. The first-order chi connectivity index (χ1) is 12.7. The Kier molecular flexibility index (Phi) is 4.55. The number of aliphatic hydroxyl groups excluding tert-OH is 1. The molecule has 7 heteroatoms. The molecule has 2 aromatic carbocycles. The maximum atomic E-state index is 12.0. The zero-order valence-electron chi connectivity index (χ0n) is 14.0. The first-order valence-corrected chi connectivity index (χ1v) is 9.18. The molecule has 0 aliphatic carbocycles. The van der Waals surface area contributed by atoms with E-state index in [2.05, 4.69) is 39.0 Å². The third-order valence-electron chi connectivity index (χ3n) is 4.12. The van der Waals surface area contributed by atoms with E-state index in [9.17, 15) is 4.79 Å². The van der Waals surface area contributed by atoms with Crippen LogP contribution in [0, 0.1) is 0 Å². The molecule has 0 aliphatic heterocycles. The summed E-state index contributed by atoms with van der Waals surface area (Å²) >= 11 is 1.71. The number of H-pyrrole nitrogens is 1. The first-order valence-electron chi connectivity index (χ1n) is 8.36. The highest BCUT2D eigenvalue weighted by molar-refractivity contribution is 7.22. The van der Waals surface area contributed by atoms with Gasteiger partial charge in [0, 0.05) is 39.4 Å². The molecule has 0 bridgehead atoms. The lowest BCUT2D eigenvalue weighted by molar-refractivity contribution is 0.249. The molecule has 0 fully saturated rings. The Hall–Kier alpha value is -2.90. The summed E-state index contributed by atoms with van der Waals surface area (Å²) in [4.78, 5) is 13.1. The number of aromatic amines is 1. The van der Waals surface area contributed by atoms with Crippen molar-refractivity contribution in [2.45, 2.75) is 6.42 Å². The number of nitrogens with zero attached hydrogens (tertiary/aromatic N) is 1. The van der Waals surface area contributed by atoms with Crippen molar-refractivity contribution >= 4 is 44.0 Å². The van der Waals surface area contributed by atoms with Crippen molar-refractivity contribution in [1.29, 1.82) is 0 Å². The number of anilines is 1. The lowest BCUT2D eigenvalue weighted by atomic mass is 10.1. The highest BCUT2D eigenvalue weighted by Crippen LogP contribution is 2.38. The molecule has 4 N–H and O–H groups in total. The van der Waals surface area contributed by atoms with Crippen molar-refractivity contribution in [3.8, 4) is 10.4 Å². The topological polar surface area (TPSA) is 90.0 Å². The van der Waals surface area contributed by atoms with Crippen LogP contribution in [-0.4, -0.2) is 34.5 Å². The van der Waals surface area contributed by atoms with Crippen LogP contribution in [0.1, 0.15) is 6.42 Å². The van der Waals surface area contributed by atoms with Gasteiger partial charge in [-0.3, -0.25) is 5.10 Å². The summed E-state index contributed by atoms with van der Waals surface area (Å²) in [6.45, 7) is 0.483. The summed E-state index contributed by atoms with van der Waals surface area (Å²) in [5.41, 5.74) is 2.66. The van der Waals surface area contributed by atoms with E-state index in [0.717, 1.165) is 21.3 Å². The van der Waals surface area contributed by atoms with Crippen LogP contribution < -0.4 is 10.6 Å². The second kappa shape index (κ2) is 7.15. The minimum atomic E-state index is -0.288. The van der Waals surface area contributed by atoms with Crippen molar-refractivity contribution in [3.05, 3.63) is 48.7 Å². The van der Waals surface area contributed by atoms with Crippen LogP contribution in [0.15, 0.2) is 48.7 Å². The van der Waals surface area contributed by atoms with Crippen LogP contribution >= 0.6 is 11.3 Å². The molecule has 4 rings (SSSR count). The molecule has 0 aliphatic rings. The van der Waals surface area contributed by atoms with Crippen molar-refractivity contribution in [2.75, 3.05) is 18.5 Å². The minimum absolute atomic E-state index is 0.0529. The lowest BCUT2D eigenvalue weighted by Crippen LogP contribution is -2.29. The quantitative estimate of drug-likeness (QED) is 0.403. The van der Waals surface area contributed by atoms with Gasteiger partial charge in [-0.25, -0.2) is 4.79 Å². The number of thiophene rings is 1. The maximum Gasteiger partial charge on any atom is 0.319 e. The fourth-order valence-electron chi connectivity index (χ4n) is 2.89. The van der Waals surface area contributed by atoms with Gasteiger partial charge >= 0.3 is 6.03 Å². The van der Waals surface area contributed by atoms with E-state index >= 15 is 0 Å². The molecule has 0 saturated carbocycles. The van der Waals surface area contributed by atoms with Crippen LogP contribution in [0.3, 0.4) is 0 Å². The molecule has 0 unspecified atom stereocenters. The third-order valence-corrected chi connectivity index (χ3v) is 5.27. The van der Waals surface area contributed by atoms with E-state index in [0.29, 0.717) is 18.7 Å². The SMILES string of the molecule is O=C(NCCCO)Nc1cc(-c2cc3ccccc3s2)c2[nH]ncc2c1. The van der Waals surface area contributed by atoms with Gasteiger partial charge in [0.05, 0.1) is 11.7 Å². The van der Waals surface area contributed by atoms with E-state index in [1.54, 1.807) is 17.5 Å². The van der Waals surface area contributed by atoms with E-state index < -0.39 is 0 Å². The number of amides is 2. The summed E-state index contributed by atoms with van der Waals surface area (Å²) in [7, 11) is 0. The Bertz CT molecular complexity index is 1040. The fourth-order valence-corrected chi connectivity index (χ4v) is 3.98. The average molecular weight is 366 g/mol. The highest BCUT2D eigenvalue weighted by atomic mass is 32.1. The van der Waals surface area contributed by atoms with Gasteiger partial charge in [0.1, 0.15) is 0 Å². The molecule has 2 aromatic heterocycles. The van der Waals surface area contributed by atoms with E-state index in [-0.39, 0.29) is 12.6 Å². The fraction of sp³-hybridized carbons (Fsp3) is 0.158. The maximum absolute atomic E-state index is 12.0. The summed E-state index contributed by atoms with van der Waals surface area (Å²) < 4.78 is 1.22. The van der Waals surface area contributed by atoms with Crippen molar-refractivity contribution in [1.82, 2.24) is 15.5 Å². The molecule has 6 nitrogen and oxygen atoms in total. The molecule has 2 heterocycles. The van der Waals surface area contributed by atoms with Crippen LogP contribution in [0.4, 0.5) is 10.5 Å². The standard InChI is InChI=1S/C19H18N4O2S/c24-7-3-6-20-19(25)22-14-8-13-11-21-23-18(13)15(10-14)17-9-12-4-1-2-5-16(12)26-17/h1-2,4-5,8-11,24H,3,6-7H2,(H,21,23)(H2,20,22,25). The zero-order chi connectivity index (χ0) is 17.9. The largest absolute Gasteiger partial charge is 0.396 e. The number of urea groups is 1. The lowest BCUT2D eigenvalue weighted by Gasteiger charge is -2.09. The molecule has 26 heavy (non-hydrogen) atoms. The first kappa shape index (κ1) is 16.6. The molecular formula is C19H18N4O2S. The molecule has 132 valence electrons. The molecule has 0 spiro atoms. The summed E-state index contributed by atoms with van der Waals surface area (Å²) in [6, 6.07) is 14.0. The molecular weight excluding hydrogens is 348 g/mol. The number of carbonyl (C=O) groups excluding carboxylic acids is 1. The predicted molar refractivity (Wildman–Crippen MR) is 106 cm³/mol. The number of hydrogen-bond donors (Lipinski definition) is 4. The second-order valence-corrected chi connectivity index (χ2v) is 7.05. The van der Waals surface area contributed by atoms with Crippen molar-refractivity contribution in [3.63, 3.8) is 0 Å². The number of hydrogen-bond acceptors (Lipinski definition) is 4. The van der Waals surface area contributed by atoms with E-state index in [1.165, 1.54) is 10.1 Å². The number of aliphatic hydroxyl groups is 1. The van der Waals surface area contributed by atoms with Gasteiger partial charge in [-0.05, 0) is 36.1 Å². The Balaban J connectivity index is 1.69. The van der Waals surface area contributed by atoms with Gasteiger partial charge in [-0.1, -0.05) is 18.2 Å². The average Bonchev–Trinajstić information content (AvgIpc) is 3.27. The summed E-state index contributed by atoms with van der Waals surface area (Å²) in [5, 5.41) is 23.7. The van der Waals surface area contributed by atoms with Crippen LogP contribution in [0.25, 0.3) is 31.4 Å². The number of aromatic nitrogens is 2. The molecule has 0 atom stereocenters. The van der Waals surface area contributed by atoms with Gasteiger partial charge in [-0.15, -0.1) is 11.3 Å². The molecule has 4 aromatic rings. The van der Waals surface area contributed by atoms with Crippen molar-refractivity contribution < 1.29 is 9.90 Å². The normalized spacial score (nSPS) is 11.1. The molecule has 2 amide bonds. The van der Waals surface area contributed by atoms with Crippen LogP contribution in [0.5, 0.6) is 0 Å². The van der Waals surface area contributed by atoms with Gasteiger partial charge in [0.15, 0.2) is 0 Å². The Labute approximate surface area is 153 Å². The highest BCUT2D eigenvalue weighted by Gasteiger charge is 2.12. The van der Waals surface area contributed by atoms with Gasteiger partial charge in [0.2, 0.25) is 0 Å². The summed E-state index contributed by atoms with van der Waals surface area (Å²) in [6.07, 6.45) is 2.28. The van der Waals surface area contributed by atoms with Crippen LogP contribution in [0.2, 0.25) is 0 Å². The number of benzene rings is 2. The number of rotatable bonds is 5. The number of nitrogens with one attached hydrogen (secondary N) is 3. The van der Waals surface area contributed by atoms with E-state index in [4.69, 9.17) is 5.11 Å². The van der Waals surface area contributed by atoms with Gasteiger partial charge in [-0.2, -0.15) is 5.10 Å². The number of carbonyl (C=O) groups is 1. The Morgan fingerprint density at radius 1 is 1.19 bits per heavy atom.